The number of carbonyl (C=O) groups is 1. The lowest BCUT2D eigenvalue weighted by atomic mass is 9.62. The van der Waals surface area contributed by atoms with Gasteiger partial charge in [-0.3, -0.25) is 4.68 Å². The van der Waals surface area contributed by atoms with Gasteiger partial charge >= 0.3 is 5.97 Å². The normalized spacial score (nSPS) is 26.8. The van der Waals surface area contributed by atoms with Crippen LogP contribution in [0.5, 0.6) is 0 Å². The minimum absolute atomic E-state index is 0.00339. The molecule has 0 bridgehead atoms. The smallest absolute Gasteiger partial charge is 0.341 e. The molecule has 1 spiro atoms. The summed E-state index contributed by atoms with van der Waals surface area (Å²) in [5.41, 5.74) is 1.49. The fourth-order valence-corrected chi connectivity index (χ4v) is 3.88. The van der Waals surface area contributed by atoms with Gasteiger partial charge in [-0.1, -0.05) is 12.8 Å². The van der Waals surface area contributed by atoms with Crippen molar-refractivity contribution in [2.45, 2.75) is 58.2 Å². The summed E-state index contributed by atoms with van der Waals surface area (Å²) < 4.78 is 13.4. The first kappa shape index (κ1) is 14.6. The largest absolute Gasteiger partial charge is 0.458 e. The molecule has 0 radical (unpaired) electrons. The number of nitrogens with zero attached hydrogens (tertiary/aromatic N) is 2. The molecule has 21 heavy (non-hydrogen) atoms. The number of hydrogen-bond acceptors (Lipinski definition) is 4. The minimum Gasteiger partial charge on any atom is -0.458 e. The van der Waals surface area contributed by atoms with Gasteiger partial charge in [0.25, 0.3) is 0 Å². The van der Waals surface area contributed by atoms with E-state index in [0.717, 1.165) is 31.6 Å². The lowest BCUT2D eigenvalue weighted by Crippen LogP contribution is -2.58. The highest BCUT2D eigenvalue weighted by molar-refractivity contribution is 5.90. The van der Waals surface area contributed by atoms with Gasteiger partial charge < -0.3 is 9.47 Å². The van der Waals surface area contributed by atoms with Crippen molar-refractivity contribution in [2.24, 2.45) is 12.5 Å². The first-order chi connectivity index (χ1) is 10.1. The summed E-state index contributed by atoms with van der Waals surface area (Å²) in [6.07, 6.45) is 7.34. The van der Waals surface area contributed by atoms with Crippen LogP contribution in [0.1, 0.15) is 55.1 Å². The third kappa shape index (κ3) is 2.27. The van der Waals surface area contributed by atoms with Crippen LogP contribution in [-0.2, 0) is 16.5 Å². The second-order valence-electron chi connectivity index (χ2n) is 6.28. The Labute approximate surface area is 125 Å². The molecule has 5 heteroatoms. The van der Waals surface area contributed by atoms with Crippen molar-refractivity contribution in [3.05, 3.63) is 17.5 Å². The van der Waals surface area contributed by atoms with E-state index >= 15 is 0 Å². The number of aromatic nitrogens is 2. The first-order valence-electron chi connectivity index (χ1n) is 7.89. The number of aryl methyl sites for hydroxylation is 1. The standard InChI is InChI=1S/C16H24N2O3/c1-4-20-13-9-14(16(13)7-5-6-8-16)21-15(19)12-10-17-18(3)11(12)2/h10,13-14H,4-9H2,1-3H3/t13-,14+/m1/s1. The molecule has 1 heterocycles. The molecule has 0 amide bonds. The molecule has 0 aromatic carbocycles. The van der Waals surface area contributed by atoms with Crippen LogP contribution in [0.2, 0.25) is 0 Å². The molecule has 2 aliphatic rings. The Hall–Kier alpha value is -1.36. The van der Waals surface area contributed by atoms with E-state index in [1.807, 2.05) is 20.9 Å². The second-order valence-corrected chi connectivity index (χ2v) is 6.28. The molecule has 1 aromatic rings. The second kappa shape index (κ2) is 5.44. The predicted molar refractivity (Wildman–Crippen MR) is 78.1 cm³/mol. The van der Waals surface area contributed by atoms with E-state index in [2.05, 4.69) is 5.10 Å². The minimum atomic E-state index is -0.244. The van der Waals surface area contributed by atoms with E-state index in [0.29, 0.717) is 5.56 Å². The monoisotopic (exact) mass is 292 g/mol. The molecule has 0 aliphatic heterocycles. The molecule has 0 saturated heterocycles. The number of carbonyl (C=O) groups excluding carboxylic acids is 1. The van der Waals surface area contributed by atoms with Crippen LogP contribution in [0.4, 0.5) is 0 Å². The molecule has 2 atom stereocenters. The summed E-state index contributed by atoms with van der Waals surface area (Å²) in [5, 5.41) is 4.11. The maximum Gasteiger partial charge on any atom is 0.341 e. The van der Waals surface area contributed by atoms with E-state index in [9.17, 15) is 4.79 Å². The molecule has 3 rings (SSSR count). The van der Waals surface area contributed by atoms with Crippen LogP contribution >= 0.6 is 0 Å². The average Bonchev–Trinajstić information content (AvgIpc) is 3.08. The zero-order valence-corrected chi connectivity index (χ0v) is 13.1. The van der Waals surface area contributed by atoms with Crippen molar-refractivity contribution >= 4 is 5.97 Å². The summed E-state index contributed by atoms with van der Waals surface area (Å²) in [4.78, 5) is 12.4. The third-order valence-electron chi connectivity index (χ3n) is 5.32. The molecular weight excluding hydrogens is 268 g/mol. The highest BCUT2D eigenvalue weighted by atomic mass is 16.6. The highest BCUT2D eigenvalue weighted by Crippen LogP contribution is 2.56. The summed E-state index contributed by atoms with van der Waals surface area (Å²) in [7, 11) is 1.83. The van der Waals surface area contributed by atoms with Crippen molar-refractivity contribution in [1.29, 1.82) is 0 Å². The number of hydrogen-bond donors (Lipinski definition) is 0. The Morgan fingerprint density at radius 3 is 2.71 bits per heavy atom. The van der Waals surface area contributed by atoms with Gasteiger partial charge in [0, 0.05) is 31.2 Å². The maximum absolute atomic E-state index is 12.4. The van der Waals surface area contributed by atoms with Crippen molar-refractivity contribution in [2.75, 3.05) is 6.61 Å². The highest BCUT2D eigenvalue weighted by Gasteiger charge is 2.58. The zero-order chi connectivity index (χ0) is 15.0. The fraction of sp³-hybridized carbons (Fsp3) is 0.750. The van der Waals surface area contributed by atoms with Crippen molar-refractivity contribution in [3.8, 4) is 0 Å². The molecule has 5 nitrogen and oxygen atoms in total. The Bertz CT molecular complexity index is 532. The average molecular weight is 292 g/mol. The van der Waals surface area contributed by atoms with Gasteiger partial charge in [-0.2, -0.15) is 5.10 Å². The van der Waals surface area contributed by atoms with Crippen LogP contribution in [0, 0.1) is 12.3 Å². The predicted octanol–water partition coefficient (Wildman–Crippen LogP) is 2.62. The van der Waals surface area contributed by atoms with Gasteiger partial charge in [0.15, 0.2) is 0 Å². The summed E-state index contributed by atoms with van der Waals surface area (Å²) in [6, 6.07) is 0. The van der Waals surface area contributed by atoms with Crippen LogP contribution in [-0.4, -0.2) is 34.6 Å². The summed E-state index contributed by atoms with van der Waals surface area (Å²) in [5.74, 6) is -0.244. The van der Waals surface area contributed by atoms with Crippen LogP contribution in [0.25, 0.3) is 0 Å². The molecule has 2 aliphatic carbocycles. The molecule has 2 saturated carbocycles. The van der Waals surface area contributed by atoms with Crippen LogP contribution in [0.3, 0.4) is 0 Å². The molecule has 0 N–H and O–H groups in total. The van der Waals surface area contributed by atoms with E-state index in [4.69, 9.17) is 9.47 Å². The molecular formula is C16H24N2O3. The maximum atomic E-state index is 12.4. The third-order valence-corrected chi connectivity index (χ3v) is 5.32. The topological polar surface area (TPSA) is 53.4 Å². The Morgan fingerprint density at radius 1 is 1.43 bits per heavy atom. The zero-order valence-electron chi connectivity index (χ0n) is 13.1. The van der Waals surface area contributed by atoms with Crippen LogP contribution in [0.15, 0.2) is 6.20 Å². The van der Waals surface area contributed by atoms with E-state index in [1.165, 1.54) is 12.8 Å². The lowest BCUT2D eigenvalue weighted by Gasteiger charge is -2.52. The molecule has 116 valence electrons. The Morgan fingerprint density at radius 2 is 2.14 bits per heavy atom. The number of rotatable bonds is 4. The van der Waals surface area contributed by atoms with Crippen molar-refractivity contribution in [1.82, 2.24) is 9.78 Å². The summed E-state index contributed by atoms with van der Waals surface area (Å²) >= 11 is 0. The quantitative estimate of drug-likeness (QED) is 0.801. The van der Waals surface area contributed by atoms with Gasteiger partial charge in [0.2, 0.25) is 0 Å². The van der Waals surface area contributed by atoms with Gasteiger partial charge in [-0.25, -0.2) is 4.79 Å². The van der Waals surface area contributed by atoms with Gasteiger partial charge in [0.1, 0.15) is 11.7 Å². The number of ether oxygens (including phenoxy) is 2. The van der Waals surface area contributed by atoms with Crippen molar-refractivity contribution in [3.63, 3.8) is 0 Å². The lowest BCUT2D eigenvalue weighted by molar-refractivity contribution is -0.188. The summed E-state index contributed by atoms with van der Waals surface area (Å²) in [6.45, 7) is 4.65. The van der Waals surface area contributed by atoms with Gasteiger partial charge in [0.05, 0.1) is 12.3 Å². The molecule has 1 aromatic heterocycles. The first-order valence-corrected chi connectivity index (χ1v) is 7.89. The van der Waals surface area contributed by atoms with Crippen LogP contribution < -0.4 is 0 Å². The Balaban J connectivity index is 1.70. The fourth-order valence-electron chi connectivity index (χ4n) is 3.88. The van der Waals surface area contributed by atoms with Gasteiger partial charge in [-0.15, -0.1) is 0 Å². The van der Waals surface area contributed by atoms with E-state index in [1.54, 1.807) is 10.9 Å². The SMILES string of the molecule is CCO[C@@H]1C[C@H](OC(=O)c2cnn(C)c2C)C12CCCC2. The molecule has 0 unspecified atom stereocenters. The van der Waals surface area contributed by atoms with E-state index < -0.39 is 0 Å². The number of esters is 1. The van der Waals surface area contributed by atoms with Gasteiger partial charge in [-0.05, 0) is 26.7 Å². The molecule has 2 fully saturated rings. The van der Waals surface area contributed by atoms with E-state index in [-0.39, 0.29) is 23.6 Å². The van der Waals surface area contributed by atoms with Crippen molar-refractivity contribution < 1.29 is 14.3 Å². The Kier molecular flexibility index (Phi) is 3.78.